The van der Waals surface area contributed by atoms with E-state index in [1.807, 2.05) is 43.3 Å². The minimum Gasteiger partial charge on any atom is -0.349 e. The molecule has 0 bridgehead atoms. The molecule has 1 atom stereocenters. The average Bonchev–Trinajstić information content (AvgIpc) is 3.13. The van der Waals surface area contributed by atoms with Crippen molar-refractivity contribution in [3.05, 3.63) is 69.8 Å². The van der Waals surface area contributed by atoms with Crippen molar-refractivity contribution in [2.45, 2.75) is 38.0 Å². The van der Waals surface area contributed by atoms with Crippen molar-refractivity contribution in [1.82, 2.24) is 14.9 Å². The van der Waals surface area contributed by atoms with E-state index in [2.05, 4.69) is 23.8 Å². The van der Waals surface area contributed by atoms with E-state index in [0.717, 1.165) is 21.7 Å². The van der Waals surface area contributed by atoms with E-state index in [1.165, 1.54) is 23.1 Å². The number of aryl methyl sites for hydroxylation is 1. The van der Waals surface area contributed by atoms with Crippen LogP contribution in [0.25, 0.3) is 10.2 Å². The number of thiophene rings is 1. The number of allylic oxidation sites excluding steroid dienone is 1. The van der Waals surface area contributed by atoms with Gasteiger partial charge in [-0.15, -0.1) is 17.9 Å². The molecule has 3 aromatic rings. The molecule has 2 aromatic heterocycles. The molecule has 1 N–H and O–H groups in total. The largest absolute Gasteiger partial charge is 0.349 e. The summed E-state index contributed by atoms with van der Waals surface area (Å²) in [4.78, 5) is 31.7. The quantitative estimate of drug-likeness (QED) is 0.342. The van der Waals surface area contributed by atoms with E-state index in [1.54, 1.807) is 10.6 Å². The van der Waals surface area contributed by atoms with Crippen LogP contribution in [0.3, 0.4) is 0 Å². The first-order valence-electron chi connectivity index (χ1n) is 9.14. The number of nitrogens with one attached hydrogen (secondary N) is 1. The number of fused-ring (bicyclic) bond motifs is 1. The summed E-state index contributed by atoms with van der Waals surface area (Å²) in [6.07, 6.45) is 2.54. The molecule has 146 valence electrons. The molecule has 28 heavy (non-hydrogen) atoms. The van der Waals surface area contributed by atoms with E-state index >= 15 is 0 Å². The Morgan fingerprint density at radius 1 is 1.39 bits per heavy atom. The Balaban J connectivity index is 1.77. The number of amides is 1. The van der Waals surface area contributed by atoms with Gasteiger partial charge in [-0.05, 0) is 25.0 Å². The summed E-state index contributed by atoms with van der Waals surface area (Å²) >= 11 is 2.81. The lowest BCUT2D eigenvalue weighted by Crippen LogP contribution is -2.29. The SMILES string of the molecule is C=CCn1c(SCC(=O)NC(C)c2ccccc2)nc2sc(CC)cc2c1=O. The number of thioether (sulfide) groups is 1. The van der Waals surface area contributed by atoms with Crippen molar-refractivity contribution < 1.29 is 4.79 Å². The van der Waals surface area contributed by atoms with E-state index in [-0.39, 0.29) is 23.3 Å². The number of carbonyl (C=O) groups is 1. The number of rotatable bonds is 8. The van der Waals surface area contributed by atoms with Crippen LogP contribution in [0.2, 0.25) is 0 Å². The van der Waals surface area contributed by atoms with Crippen molar-refractivity contribution in [1.29, 1.82) is 0 Å². The summed E-state index contributed by atoms with van der Waals surface area (Å²) in [5.74, 6) is 0.0967. The number of hydrogen-bond acceptors (Lipinski definition) is 5. The van der Waals surface area contributed by atoms with Crippen LogP contribution >= 0.6 is 23.1 Å². The second-order valence-corrected chi connectivity index (χ2v) is 8.43. The fourth-order valence-electron chi connectivity index (χ4n) is 2.86. The fraction of sp³-hybridized carbons (Fsp3) is 0.286. The molecule has 0 aliphatic heterocycles. The first-order valence-corrected chi connectivity index (χ1v) is 10.9. The van der Waals surface area contributed by atoms with Crippen LogP contribution in [-0.2, 0) is 17.8 Å². The zero-order valence-corrected chi connectivity index (χ0v) is 17.6. The molecule has 5 nitrogen and oxygen atoms in total. The highest BCUT2D eigenvalue weighted by Crippen LogP contribution is 2.25. The van der Waals surface area contributed by atoms with Crippen molar-refractivity contribution in [3.63, 3.8) is 0 Å². The first-order chi connectivity index (χ1) is 13.5. The second-order valence-electron chi connectivity index (χ2n) is 6.37. The molecular formula is C21H23N3O2S2. The van der Waals surface area contributed by atoms with Crippen LogP contribution in [0.4, 0.5) is 0 Å². The summed E-state index contributed by atoms with van der Waals surface area (Å²) in [5.41, 5.74) is 0.969. The van der Waals surface area contributed by atoms with Crippen molar-refractivity contribution in [3.8, 4) is 0 Å². The first kappa shape index (κ1) is 20.4. The van der Waals surface area contributed by atoms with E-state index in [0.29, 0.717) is 17.1 Å². The lowest BCUT2D eigenvalue weighted by molar-refractivity contribution is -0.119. The molecule has 0 saturated heterocycles. The summed E-state index contributed by atoms with van der Waals surface area (Å²) < 4.78 is 1.58. The fourth-order valence-corrected chi connectivity index (χ4v) is 4.69. The van der Waals surface area contributed by atoms with Gasteiger partial charge in [-0.2, -0.15) is 0 Å². The van der Waals surface area contributed by atoms with Crippen LogP contribution in [0.15, 0.2) is 59.0 Å². The van der Waals surface area contributed by atoms with Crippen LogP contribution in [-0.4, -0.2) is 21.2 Å². The molecule has 1 unspecified atom stereocenters. The molecule has 0 radical (unpaired) electrons. The molecule has 0 saturated carbocycles. The molecule has 0 aliphatic carbocycles. The Bertz CT molecular complexity index is 1040. The third-order valence-electron chi connectivity index (χ3n) is 4.34. The van der Waals surface area contributed by atoms with Crippen LogP contribution in [0.5, 0.6) is 0 Å². The van der Waals surface area contributed by atoms with Gasteiger partial charge in [0.2, 0.25) is 5.91 Å². The maximum Gasteiger partial charge on any atom is 0.263 e. The summed E-state index contributed by atoms with van der Waals surface area (Å²) in [5, 5.41) is 4.17. The van der Waals surface area contributed by atoms with Gasteiger partial charge in [-0.25, -0.2) is 4.98 Å². The minimum atomic E-state index is -0.0960. The van der Waals surface area contributed by atoms with Gasteiger partial charge in [0.15, 0.2) is 5.16 Å². The van der Waals surface area contributed by atoms with Crippen LogP contribution < -0.4 is 10.9 Å². The summed E-state index contributed by atoms with van der Waals surface area (Å²) in [6, 6.07) is 11.6. The molecule has 0 aliphatic rings. The van der Waals surface area contributed by atoms with Gasteiger partial charge in [0, 0.05) is 11.4 Å². The maximum absolute atomic E-state index is 12.8. The number of nitrogens with zero attached hydrogens (tertiary/aromatic N) is 2. The predicted molar refractivity (Wildman–Crippen MR) is 117 cm³/mol. The standard InChI is InChI=1S/C21H23N3O2S2/c1-4-11-24-20(26)17-12-16(5-2)28-19(17)23-21(24)27-13-18(25)22-14(3)15-9-7-6-8-10-15/h4,6-10,12,14H,1,5,11,13H2,2-3H3,(H,22,25). The highest BCUT2D eigenvalue weighted by atomic mass is 32.2. The van der Waals surface area contributed by atoms with Gasteiger partial charge in [0.25, 0.3) is 5.56 Å². The topological polar surface area (TPSA) is 64.0 Å². The predicted octanol–water partition coefficient (Wildman–Crippen LogP) is 4.18. The molecular weight excluding hydrogens is 390 g/mol. The number of aromatic nitrogens is 2. The van der Waals surface area contributed by atoms with Gasteiger partial charge in [0.05, 0.1) is 17.2 Å². The van der Waals surface area contributed by atoms with Gasteiger partial charge in [-0.3, -0.25) is 14.2 Å². The van der Waals surface area contributed by atoms with Gasteiger partial charge in [-0.1, -0.05) is 55.1 Å². The Hall–Kier alpha value is -2.38. The zero-order valence-electron chi connectivity index (χ0n) is 16.0. The molecule has 0 fully saturated rings. The highest BCUT2D eigenvalue weighted by molar-refractivity contribution is 7.99. The lowest BCUT2D eigenvalue weighted by atomic mass is 10.1. The Labute approximate surface area is 172 Å². The minimum absolute atomic E-state index is 0.0792. The van der Waals surface area contributed by atoms with Gasteiger partial charge < -0.3 is 5.32 Å². The molecule has 7 heteroatoms. The normalized spacial score (nSPS) is 12.1. The number of carbonyl (C=O) groups excluding carboxylic acids is 1. The average molecular weight is 414 g/mol. The lowest BCUT2D eigenvalue weighted by Gasteiger charge is -2.14. The van der Waals surface area contributed by atoms with Gasteiger partial charge in [0.1, 0.15) is 4.83 Å². The highest BCUT2D eigenvalue weighted by Gasteiger charge is 2.16. The molecule has 0 spiro atoms. The molecule has 3 rings (SSSR count). The van der Waals surface area contributed by atoms with E-state index in [4.69, 9.17) is 0 Å². The van der Waals surface area contributed by atoms with Crippen molar-refractivity contribution in [2.75, 3.05) is 5.75 Å². The second kappa shape index (κ2) is 9.21. The molecule has 1 aromatic carbocycles. The van der Waals surface area contributed by atoms with E-state index < -0.39 is 0 Å². The smallest absolute Gasteiger partial charge is 0.263 e. The number of hydrogen-bond donors (Lipinski definition) is 1. The summed E-state index contributed by atoms with van der Waals surface area (Å²) in [6.45, 7) is 8.11. The number of benzene rings is 1. The monoisotopic (exact) mass is 413 g/mol. The third-order valence-corrected chi connectivity index (χ3v) is 6.49. The maximum atomic E-state index is 12.8. The van der Waals surface area contributed by atoms with Gasteiger partial charge >= 0.3 is 0 Å². The summed E-state index contributed by atoms with van der Waals surface area (Å²) in [7, 11) is 0. The molecule has 1 amide bonds. The molecule has 2 heterocycles. The van der Waals surface area contributed by atoms with E-state index in [9.17, 15) is 9.59 Å². The Morgan fingerprint density at radius 3 is 2.82 bits per heavy atom. The Morgan fingerprint density at radius 2 is 2.14 bits per heavy atom. The zero-order chi connectivity index (χ0) is 20.1. The van der Waals surface area contributed by atoms with Crippen LogP contribution in [0.1, 0.15) is 30.3 Å². The third kappa shape index (κ3) is 4.54. The Kier molecular flexibility index (Phi) is 6.70. The van der Waals surface area contributed by atoms with Crippen LogP contribution in [0, 0.1) is 0 Å². The van der Waals surface area contributed by atoms with Crippen molar-refractivity contribution in [2.24, 2.45) is 0 Å². The van der Waals surface area contributed by atoms with Crippen molar-refractivity contribution >= 4 is 39.2 Å².